The lowest BCUT2D eigenvalue weighted by Gasteiger charge is -2.37. The van der Waals surface area contributed by atoms with Crippen molar-refractivity contribution in [1.82, 2.24) is 5.32 Å². The number of aliphatic hydroxyl groups excluding tert-OH is 1. The minimum Gasteiger partial charge on any atom is -0.394 e. The third kappa shape index (κ3) is 3.55. The predicted octanol–water partition coefficient (Wildman–Crippen LogP) is 2.27. The maximum absolute atomic E-state index is 9.55. The quantitative estimate of drug-likeness (QED) is 0.860. The summed E-state index contributed by atoms with van der Waals surface area (Å²) in [4.78, 5) is 0. The third-order valence-electron chi connectivity index (χ3n) is 3.52. The summed E-state index contributed by atoms with van der Waals surface area (Å²) < 4.78 is 5.71. The topological polar surface area (TPSA) is 41.5 Å². The van der Waals surface area contributed by atoms with Crippen LogP contribution < -0.4 is 5.32 Å². The van der Waals surface area contributed by atoms with Crippen molar-refractivity contribution in [2.24, 2.45) is 0 Å². The molecule has 3 heteroatoms. The van der Waals surface area contributed by atoms with E-state index in [0.29, 0.717) is 6.04 Å². The number of hydrogen-bond donors (Lipinski definition) is 2. The van der Waals surface area contributed by atoms with E-state index >= 15 is 0 Å². The molecule has 3 nitrogen and oxygen atoms in total. The van der Waals surface area contributed by atoms with Gasteiger partial charge in [-0.1, -0.05) is 30.3 Å². The molecule has 2 atom stereocenters. The first kappa shape index (κ1) is 13.5. The zero-order valence-electron chi connectivity index (χ0n) is 11.2. The van der Waals surface area contributed by atoms with Crippen LogP contribution in [0, 0.1) is 0 Å². The largest absolute Gasteiger partial charge is 0.394 e. The molecule has 0 radical (unpaired) electrons. The summed E-state index contributed by atoms with van der Waals surface area (Å²) in [5, 5.41) is 13.1. The molecule has 0 amide bonds. The fraction of sp³-hybridized carbons (Fsp3) is 0.600. The molecule has 0 saturated carbocycles. The first-order valence-electron chi connectivity index (χ1n) is 6.66. The van der Waals surface area contributed by atoms with E-state index in [1.165, 1.54) is 0 Å². The van der Waals surface area contributed by atoms with Crippen LogP contribution in [0.5, 0.6) is 0 Å². The molecule has 1 aliphatic rings. The Morgan fingerprint density at radius 2 is 2.11 bits per heavy atom. The van der Waals surface area contributed by atoms with Gasteiger partial charge in [-0.2, -0.15) is 0 Å². The summed E-state index contributed by atoms with van der Waals surface area (Å²) in [6, 6.07) is 10.5. The molecule has 1 aliphatic heterocycles. The highest BCUT2D eigenvalue weighted by molar-refractivity contribution is 5.19. The van der Waals surface area contributed by atoms with Crippen molar-refractivity contribution in [3.63, 3.8) is 0 Å². The van der Waals surface area contributed by atoms with Crippen molar-refractivity contribution in [2.75, 3.05) is 13.2 Å². The lowest BCUT2D eigenvalue weighted by molar-refractivity contribution is -0.0649. The van der Waals surface area contributed by atoms with Gasteiger partial charge in [0.15, 0.2) is 0 Å². The Hall–Kier alpha value is -0.900. The van der Waals surface area contributed by atoms with Crippen LogP contribution in [0.3, 0.4) is 0 Å². The van der Waals surface area contributed by atoms with Gasteiger partial charge in [-0.05, 0) is 32.3 Å². The molecule has 1 fully saturated rings. The second-order valence-corrected chi connectivity index (χ2v) is 5.61. The Labute approximate surface area is 109 Å². The van der Waals surface area contributed by atoms with Crippen LogP contribution in [0.1, 0.15) is 38.3 Å². The molecule has 0 aromatic heterocycles. The molecule has 2 N–H and O–H groups in total. The molecule has 1 unspecified atom stereocenters. The van der Waals surface area contributed by atoms with Gasteiger partial charge in [-0.25, -0.2) is 0 Å². The van der Waals surface area contributed by atoms with E-state index in [2.05, 4.69) is 31.3 Å². The van der Waals surface area contributed by atoms with Gasteiger partial charge in [-0.15, -0.1) is 0 Å². The van der Waals surface area contributed by atoms with Gasteiger partial charge < -0.3 is 15.2 Å². The zero-order valence-corrected chi connectivity index (χ0v) is 11.2. The van der Waals surface area contributed by atoms with E-state index in [0.717, 1.165) is 25.0 Å². The molecule has 0 bridgehead atoms. The molecule has 2 rings (SSSR count). The molecule has 1 heterocycles. The number of ether oxygens (including phenoxy) is 1. The number of benzene rings is 1. The first-order valence-corrected chi connectivity index (χ1v) is 6.66. The van der Waals surface area contributed by atoms with Crippen LogP contribution >= 0.6 is 0 Å². The Bertz CT molecular complexity index is 364. The van der Waals surface area contributed by atoms with E-state index in [1.807, 2.05) is 18.2 Å². The lowest BCUT2D eigenvalue weighted by Crippen LogP contribution is -2.45. The summed E-state index contributed by atoms with van der Waals surface area (Å²) in [5.41, 5.74) is 1.08. The van der Waals surface area contributed by atoms with Gasteiger partial charge in [-0.3, -0.25) is 0 Å². The summed E-state index contributed by atoms with van der Waals surface area (Å²) in [6.07, 6.45) is 1.99. The number of rotatable bonds is 4. The van der Waals surface area contributed by atoms with Crippen LogP contribution in [-0.2, 0) is 4.74 Å². The number of aliphatic hydroxyl groups is 1. The van der Waals surface area contributed by atoms with E-state index < -0.39 is 0 Å². The zero-order chi connectivity index (χ0) is 13.0. The maximum Gasteiger partial charge on any atom is 0.0641 e. The van der Waals surface area contributed by atoms with E-state index in [1.54, 1.807) is 0 Å². The number of hydrogen-bond acceptors (Lipinski definition) is 3. The Morgan fingerprint density at radius 3 is 2.72 bits per heavy atom. The van der Waals surface area contributed by atoms with Crippen molar-refractivity contribution >= 4 is 0 Å². The second kappa shape index (κ2) is 5.83. The summed E-state index contributed by atoms with van der Waals surface area (Å²) in [5.74, 6) is 0. The van der Waals surface area contributed by atoms with Crippen molar-refractivity contribution in [1.29, 1.82) is 0 Å². The normalized spacial score (nSPS) is 24.7. The molecule has 1 aromatic rings. The van der Waals surface area contributed by atoms with Gasteiger partial charge in [0.25, 0.3) is 0 Å². The maximum atomic E-state index is 9.55. The monoisotopic (exact) mass is 249 g/mol. The SMILES string of the molecule is CC1(C)CC(N[C@H](CO)c2ccccc2)CCO1. The van der Waals surface area contributed by atoms with E-state index in [4.69, 9.17) is 4.74 Å². The van der Waals surface area contributed by atoms with Gasteiger partial charge >= 0.3 is 0 Å². The highest BCUT2D eigenvalue weighted by Gasteiger charge is 2.30. The number of nitrogens with one attached hydrogen (secondary N) is 1. The predicted molar refractivity (Wildman–Crippen MR) is 72.5 cm³/mol. The molecule has 0 aliphatic carbocycles. The molecular weight excluding hydrogens is 226 g/mol. The van der Waals surface area contributed by atoms with Crippen LogP contribution in [-0.4, -0.2) is 30.0 Å². The average molecular weight is 249 g/mol. The third-order valence-corrected chi connectivity index (χ3v) is 3.52. The van der Waals surface area contributed by atoms with Crippen molar-refractivity contribution in [3.8, 4) is 0 Å². The van der Waals surface area contributed by atoms with Crippen LogP contribution in [0.25, 0.3) is 0 Å². The lowest BCUT2D eigenvalue weighted by atomic mass is 9.93. The molecule has 100 valence electrons. The first-order chi connectivity index (χ1) is 8.61. The highest BCUT2D eigenvalue weighted by Crippen LogP contribution is 2.25. The highest BCUT2D eigenvalue weighted by atomic mass is 16.5. The molecular formula is C15H23NO2. The van der Waals surface area contributed by atoms with Crippen LogP contribution in [0.2, 0.25) is 0 Å². The summed E-state index contributed by atoms with van der Waals surface area (Å²) in [6.45, 7) is 5.16. The minimum absolute atomic E-state index is 0.0186. The second-order valence-electron chi connectivity index (χ2n) is 5.61. The van der Waals surface area contributed by atoms with Gasteiger partial charge in [0.2, 0.25) is 0 Å². The molecule has 1 saturated heterocycles. The van der Waals surface area contributed by atoms with Gasteiger partial charge in [0, 0.05) is 12.6 Å². The van der Waals surface area contributed by atoms with Gasteiger partial charge in [0.05, 0.1) is 18.2 Å². The van der Waals surface area contributed by atoms with Crippen molar-refractivity contribution < 1.29 is 9.84 Å². The summed E-state index contributed by atoms with van der Waals surface area (Å²) >= 11 is 0. The average Bonchev–Trinajstić information content (AvgIpc) is 2.36. The Kier molecular flexibility index (Phi) is 4.38. The van der Waals surface area contributed by atoms with Crippen LogP contribution in [0.4, 0.5) is 0 Å². The van der Waals surface area contributed by atoms with Crippen molar-refractivity contribution in [3.05, 3.63) is 35.9 Å². The van der Waals surface area contributed by atoms with Gasteiger partial charge in [0.1, 0.15) is 0 Å². The minimum atomic E-state index is -0.0629. The molecule has 0 spiro atoms. The molecule has 1 aromatic carbocycles. The fourth-order valence-electron chi connectivity index (χ4n) is 2.60. The molecule has 18 heavy (non-hydrogen) atoms. The smallest absolute Gasteiger partial charge is 0.0641 e. The Morgan fingerprint density at radius 1 is 1.39 bits per heavy atom. The Balaban J connectivity index is 1.98. The standard InChI is InChI=1S/C15H23NO2/c1-15(2)10-13(8-9-18-15)16-14(11-17)12-6-4-3-5-7-12/h3-7,13-14,16-17H,8-11H2,1-2H3/t13?,14-/m1/s1. The van der Waals surface area contributed by atoms with Crippen molar-refractivity contribution in [2.45, 2.75) is 44.4 Å². The van der Waals surface area contributed by atoms with E-state index in [-0.39, 0.29) is 18.2 Å². The van der Waals surface area contributed by atoms with E-state index in [9.17, 15) is 5.11 Å². The van der Waals surface area contributed by atoms with Crippen LogP contribution in [0.15, 0.2) is 30.3 Å². The fourth-order valence-corrected chi connectivity index (χ4v) is 2.60. The summed E-state index contributed by atoms with van der Waals surface area (Å²) in [7, 11) is 0.